The third-order valence-corrected chi connectivity index (χ3v) is 7.11. The van der Waals surface area contributed by atoms with Crippen LogP contribution >= 0.6 is 27.5 Å². The zero-order valence-corrected chi connectivity index (χ0v) is 24.8. The van der Waals surface area contributed by atoms with E-state index in [1.165, 1.54) is 0 Å². The van der Waals surface area contributed by atoms with Gasteiger partial charge in [0, 0.05) is 24.5 Å². The van der Waals surface area contributed by atoms with Gasteiger partial charge in [0.05, 0.1) is 4.47 Å². The second-order valence-corrected chi connectivity index (χ2v) is 11.6. The highest BCUT2D eigenvalue weighted by molar-refractivity contribution is 9.10. The van der Waals surface area contributed by atoms with Crippen molar-refractivity contribution in [2.24, 2.45) is 0 Å². The van der Waals surface area contributed by atoms with Crippen LogP contribution in [0.1, 0.15) is 50.8 Å². The van der Waals surface area contributed by atoms with Crippen molar-refractivity contribution in [3.63, 3.8) is 0 Å². The van der Waals surface area contributed by atoms with Crippen molar-refractivity contribution in [1.82, 2.24) is 10.2 Å². The van der Waals surface area contributed by atoms with Gasteiger partial charge in [0.1, 0.15) is 11.8 Å². The topological polar surface area (TPSA) is 58.6 Å². The van der Waals surface area contributed by atoms with Crippen LogP contribution < -0.4 is 10.1 Å². The van der Waals surface area contributed by atoms with E-state index in [-0.39, 0.29) is 30.4 Å². The standard InChI is InChI=1S/C31H36BrClN2O3/c1-5-17-34-30(37)27(18-22-9-7-6-8-10-22)35(20-23-11-14-25(33)15-12-23)29(36)21-38-28-16-13-24(19-26(28)32)31(2,3)4/h6-16,19,27H,5,17-18,20-21H2,1-4H3,(H,34,37)/t27-/m0/s1. The highest BCUT2D eigenvalue weighted by Gasteiger charge is 2.30. The van der Waals surface area contributed by atoms with Gasteiger partial charge in [-0.1, -0.05) is 87.8 Å². The first-order valence-electron chi connectivity index (χ1n) is 12.9. The number of nitrogens with zero attached hydrogens (tertiary/aromatic N) is 1. The molecule has 0 spiro atoms. The molecule has 0 unspecified atom stereocenters. The number of rotatable bonds is 11. The molecule has 5 nitrogen and oxygen atoms in total. The molecule has 0 aliphatic carbocycles. The van der Waals surface area contributed by atoms with Gasteiger partial charge in [-0.3, -0.25) is 9.59 Å². The van der Waals surface area contributed by atoms with Gasteiger partial charge in [0.15, 0.2) is 6.61 Å². The van der Waals surface area contributed by atoms with E-state index in [1.54, 1.807) is 17.0 Å². The van der Waals surface area contributed by atoms with Crippen molar-refractivity contribution in [2.75, 3.05) is 13.2 Å². The minimum atomic E-state index is -0.706. The van der Waals surface area contributed by atoms with E-state index >= 15 is 0 Å². The van der Waals surface area contributed by atoms with Gasteiger partial charge in [0.2, 0.25) is 5.91 Å². The summed E-state index contributed by atoms with van der Waals surface area (Å²) >= 11 is 9.68. The van der Waals surface area contributed by atoms with Gasteiger partial charge in [-0.15, -0.1) is 0 Å². The Morgan fingerprint density at radius 1 is 1.00 bits per heavy atom. The minimum Gasteiger partial charge on any atom is -0.483 e. The van der Waals surface area contributed by atoms with Crippen molar-refractivity contribution < 1.29 is 14.3 Å². The molecule has 0 aliphatic heterocycles. The molecule has 3 rings (SSSR count). The Labute approximate surface area is 239 Å². The third-order valence-electron chi connectivity index (χ3n) is 6.24. The number of halogens is 2. The molecule has 0 aromatic heterocycles. The molecule has 0 aliphatic rings. The molecule has 3 aromatic rings. The fourth-order valence-corrected chi connectivity index (χ4v) is 4.63. The van der Waals surface area contributed by atoms with E-state index in [0.717, 1.165) is 27.6 Å². The van der Waals surface area contributed by atoms with Crippen molar-refractivity contribution in [2.45, 2.75) is 58.5 Å². The number of carbonyl (C=O) groups is 2. The molecule has 3 aromatic carbocycles. The SMILES string of the molecule is CCCNC(=O)[C@H](Cc1ccccc1)N(Cc1ccc(Cl)cc1)C(=O)COc1ccc(C(C)(C)C)cc1Br. The van der Waals surface area contributed by atoms with Gasteiger partial charge in [0.25, 0.3) is 5.91 Å². The third kappa shape index (κ3) is 8.60. The van der Waals surface area contributed by atoms with E-state index in [0.29, 0.717) is 23.7 Å². The first-order valence-corrected chi connectivity index (χ1v) is 14.0. The molecule has 2 amide bonds. The Morgan fingerprint density at radius 2 is 1.68 bits per heavy atom. The number of hydrogen-bond donors (Lipinski definition) is 1. The minimum absolute atomic E-state index is 0.0112. The number of ether oxygens (including phenoxy) is 1. The second kappa shape index (κ2) is 13.8. The zero-order chi connectivity index (χ0) is 27.7. The summed E-state index contributed by atoms with van der Waals surface area (Å²) in [5.41, 5.74) is 2.99. The predicted octanol–water partition coefficient (Wildman–Crippen LogP) is 6.95. The smallest absolute Gasteiger partial charge is 0.261 e. The fourth-order valence-electron chi connectivity index (χ4n) is 4.01. The van der Waals surface area contributed by atoms with Crippen LogP contribution in [0.2, 0.25) is 5.02 Å². The average molecular weight is 600 g/mol. The maximum Gasteiger partial charge on any atom is 0.261 e. The molecule has 0 saturated heterocycles. The molecule has 0 radical (unpaired) electrons. The number of nitrogens with one attached hydrogen (secondary N) is 1. The zero-order valence-electron chi connectivity index (χ0n) is 22.5. The summed E-state index contributed by atoms with van der Waals surface area (Å²) in [6.07, 6.45) is 1.19. The summed E-state index contributed by atoms with van der Waals surface area (Å²) in [5, 5.41) is 3.60. The second-order valence-electron chi connectivity index (χ2n) is 10.3. The van der Waals surface area contributed by atoms with Crippen LogP contribution in [0.5, 0.6) is 5.75 Å². The van der Waals surface area contributed by atoms with Gasteiger partial charge < -0.3 is 15.0 Å². The lowest BCUT2D eigenvalue weighted by atomic mass is 9.87. The Bertz CT molecular complexity index is 1210. The lowest BCUT2D eigenvalue weighted by Gasteiger charge is -2.31. The van der Waals surface area contributed by atoms with Gasteiger partial charge >= 0.3 is 0 Å². The maximum atomic E-state index is 13.7. The molecular formula is C31H36BrClN2O3. The van der Waals surface area contributed by atoms with Gasteiger partial charge in [-0.05, 0) is 68.7 Å². The summed E-state index contributed by atoms with van der Waals surface area (Å²) in [4.78, 5) is 28.7. The Kier molecular flexibility index (Phi) is 10.8. The van der Waals surface area contributed by atoms with Crippen LogP contribution in [0.4, 0.5) is 0 Å². The fraction of sp³-hybridized carbons (Fsp3) is 0.355. The summed E-state index contributed by atoms with van der Waals surface area (Å²) in [7, 11) is 0. The predicted molar refractivity (Wildman–Crippen MR) is 158 cm³/mol. The quantitative estimate of drug-likeness (QED) is 0.260. The molecule has 7 heteroatoms. The lowest BCUT2D eigenvalue weighted by molar-refractivity contribution is -0.142. The first-order chi connectivity index (χ1) is 18.1. The largest absolute Gasteiger partial charge is 0.483 e. The molecular weight excluding hydrogens is 564 g/mol. The van der Waals surface area contributed by atoms with E-state index < -0.39 is 6.04 Å². The lowest BCUT2D eigenvalue weighted by Crippen LogP contribution is -2.51. The van der Waals surface area contributed by atoms with Crippen LogP contribution in [0.15, 0.2) is 77.3 Å². The van der Waals surface area contributed by atoms with Gasteiger partial charge in [-0.25, -0.2) is 0 Å². The van der Waals surface area contributed by atoms with Crippen LogP contribution in [0, 0.1) is 0 Å². The Balaban J connectivity index is 1.89. The van der Waals surface area contributed by atoms with Crippen molar-refractivity contribution in [3.05, 3.63) is 99.0 Å². The molecule has 1 N–H and O–H groups in total. The van der Waals surface area contributed by atoms with E-state index in [2.05, 4.69) is 42.0 Å². The normalized spacial score (nSPS) is 12.1. The summed E-state index contributed by atoms with van der Waals surface area (Å²) in [6, 6.07) is 22.2. The molecule has 38 heavy (non-hydrogen) atoms. The van der Waals surface area contributed by atoms with E-state index in [9.17, 15) is 9.59 Å². The van der Waals surface area contributed by atoms with E-state index in [4.69, 9.17) is 16.3 Å². The van der Waals surface area contributed by atoms with Crippen LogP contribution in [0.25, 0.3) is 0 Å². The molecule has 202 valence electrons. The van der Waals surface area contributed by atoms with Crippen LogP contribution in [-0.4, -0.2) is 35.9 Å². The van der Waals surface area contributed by atoms with Crippen LogP contribution in [0.3, 0.4) is 0 Å². The Morgan fingerprint density at radius 3 is 2.29 bits per heavy atom. The number of hydrogen-bond acceptors (Lipinski definition) is 3. The van der Waals surface area contributed by atoms with E-state index in [1.807, 2.05) is 67.6 Å². The summed E-state index contributed by atoms with van der Waals surface area (Å²) < 4.78 is 6.76. The Hall–Kier alpha value is -2.83. The summed E-state index contributed by atoms with van der Waals surface area (Å²) in [5.74, 6) is 0.112. The van der Waals surface area contributed by atoms with Crippen LogP contribution in [-0.2, 0) is 28.0 Å². The number of amides is 2. The number of benzene rings is 3. The highest BCUT2D eigenvalue weighted by atomic mass is 79.9. The number of carbonyl (C=O) groups excluding carboxylic acids is 2. The monoisotopic (exact) mass is 598 g/mol. The van der Waals surface area contributed by atoms with Crippen molar-refractivity contribution in [3.8, 4) is 5.75 Å². The molecule has 0 fully saturated rings. The highest BCUT2D eigenvalue weighted by Crippen LogP contribution is 2.31. The average Bonchev–Trinajstić information content (AvgIpc) is 2.89. The van der Waals surface area contributed by atoms with Crippen molar-refractivity contribution >= 4 is 39.3 Å². The molecule has 0 heterocycles. The van der Waals surface area contributed by atoms with Crippen molar-refractivity contribution in [1.29, 1.82) is 0 Å². The molecule has 1 atom stereocenters. The van der Waals surface area contributed by atoms with Gasteiger partial charge in [-0.2, -0.15) is 0 Å². The first kappa shape index (κ1) is 29.7. The summed E-state index contributed by atoms with van der Waals surface area (Å²) in [6.45, 7) is 9.02. The maximum absolute atomic E-state index is 13.7. The molecule has 0 bridgehead atoms. The molecule has 0 saturated carbocycles.